The summed E-state index contributed by atoms with van der Waals surface area (Å²) in [6.45, 7) is 1.58. The third-order valence-corrected chi connectivity index (χ3v) is 2.46. The molecule has 0 spiro atoms. The molecule has 0 aliphatic rings. The minimum atomic E-state index is -0.549. The fourth-order valence-corrected chi connectivity index (χ4v) is 1.59. The van der Waals surface area contributed by atoms with Gasteiger partial charge in [-0.2, -0.15) is 0 Å². The molecule has 1 rings (SSSR count). The molecule has 1 aromatic carbocycles. The Labute approximate surface area is 99.6 Å². The molecule has 0 fully saturated rings. The zero-order valence-corrected chi connectivity index (χ0v) is 9.91. The molecular weight excluding hydrogens is 240 g/mol. The van der Waals surface area contributed by atoms with Gasteiger partial charge in [0.2, 0.25) is 0 Å². The fourth-order valence-electron chi connectivity index (χ4n) is 1.30. The summed E-state index contributed by atoms with van der Waals surface area (Å²) in [5.41, 5.74) is 6.50. The van der Waals surface area contributed by atoms with Crippen LogP contribution in [0.15, 0.2) is 12.1 Å². The van der Waals surface area contributed by atoms with Crippen LogP contribution in [0.25, 0.3) is 0 Å². The van der Waals surface area contributed by atoms with Gasteiger partial charge in [0.25, 0.3) is 0 Å². The van der Waals surface area contributed by atoms with Crippen molar-refractivity contribution in [2.45, 2.75) is 19.4 Å². The van der Waals surface area contributed by atoms with Crippen LogP contribution in [-0.4, -0.2) is 11.7 Å². The Hall–Kier alpha value is -0.350. The second-order valence-corrected chi connectivity index (χ2v) is 3.62. The van der Waals surface area contributed by atoms with Crippen molar-refractivity contribution in [3.05, 3.63) is 34.1 Å². The summed E-state index contributed by atoms with van der Waals surface area (Å²) >= 11 is 5.83. The maximum atomic E-state index is 13.6. The Morgan fingerprint density at radius 3 is 2.67 bits per heavy atom. The van der Waals surface area contributed by atoms with E-state index in [1.54, 1.807) is 19.1 Å². The zero-order valence-electron chi connectivity index (χ0n) is 8.34. The Balaban J connectivity index is 0.00000196. The number of aryl methyl sites for hydroxylation is 1. The number of aliphatic hydroxyl groups is 1. The van der Waals surface area contributed by atoms with Gasteiger partial charge in [-0.15, -0.1) is 12.4 Å². The number of hydrogen-bond acceptors (Lipinski definition) is 2. The van der Waals surface area contributed by atoms with Crippen LogP contribution in [0.3, 0.4) is 0 Å². The molecule has 1 aromatic rings. The Morgan fingerprint density at radius 2 is 2.13 bits per heavy atom. The zero-order chi connectivity index (χ0) is 10.7. The van der Waals surface area contributed by atoms with Crippen LogP contribution in [-0.2, 0) is 0 Å². The van der Waals surface area contributed by atoms with Gasteiger partial charge < -0.3 is 10.8 Å². The summed E-state index contributed by atoms with van der Waals surface area (Å²) < 4.78 is 13.6. The van der Waals surface area contributed by atoms with Crippen molar-refractivity contribution in [2.24, 2.45) is 5.73 Å². The lowest BCUT2D eigenvalue weighted by Crippen LogP contribution is -2.15. The van der Waals surface area contributed by atoms with Crippen LogP contribution >= 0.6 is 24.0 Å². The molecule has 0 bridgehead atoms. The topological polar surface area (TPSA) is 46.2 Å². The van der Waals surface area contributed by atoms with Crippen LogP contribution < -0.4 is 5.73 Å². The van der Waals surface area contributed by atoms with Crippen LogP contribution in [0.4, 0.5) is 4.39 Å². The maximum Gasteiger partial charge on any atom is 0.132 e. The summed E-state index contributed by atoms with van der Waals surface area (Å²) in [6, 6.07) is 2.67. The molecule has 0 unspecified atom stereocenters. The Kier molecular flexibility index (Phi) is 6.13. The maximum absolute atomic E-state index is 13.6. The van der Waals surface area contributed by atoms with Gasteiger partial charge in [0.15, 0.2) is 0 Å². The highest BCUT2D eigenvalue weighted by Gasteiger charge is 2.16. The monoisotopic (exact) mass is 253 g/mol. The molecule has 0 saturated carbocycles. The van der Waals surface area contributed by atoms with Gasteiger partial charge in [0.05, 0.1) is 0 Å². The number of hydrogen-bond donors (Lipinski definition) is 2. The van der Waals surface area contributed by atoms with Crippen LogP contribution in [0.2, 0.25) is 5.02 Å². The van der Waals surface area contributed by atoms with Gasteiger partial charge in [0, 0.05) is 23.2 Å². The lowest BCUT2D eigenvalue weighted by atomic mass is 10.0. The lowest BCUT2D eigenvalue weighted by Gasteiger charge is -2.14. The van der Waals surface area contributed by atoms with Gasteiger partial charge in [0.1, 0.15) is 5.82 Å². The van der Waals surface area contributed by atoms with E-state index in [1.807, 2.05) is 0 Å². The molecule has 2 nitrogen and oxygen atoms in total. The Bertz CT molecular complexity index is 333. The highest BCUT2D eigenvalue weighted by atomic mass is 35.5. The van der Waals surface area contributed by atoms with E-state index in [4.69, 9.17) is 22.4 Å². The van der Waals surface area contributed by atoms with E-state index in [1.165, 1.54) is 0 Å². The van der Waals surface area contributed by atoms with Gasteiger partial charge in [-0.05, 0) is 25.0 Å². The van der Waals surface area contributed by atoms with E-state index in [2.05, 4.69) is 0 Å². The largest absolute Gasteiger partial charge is 0.396 e. The molecule has 0 radical (unpaired) electrons. The van der Waals surface area contributed by atoms with Crippen LogP contribution in [0.5, 0.6) is 0 Å². The summed E-state index contributed by atoms with van der Waals surface area (Å²) in [6.07, 6.45) is 0.306. The minimum absolute atomic E-state index is 0. The number of nitrogens with two attached hydrogens (primary N) is 1. The third kappa shape index (κ3) is 3.31. The molecule has 0 amide bonds. The second-order valence-electron chi connectivity index (χ2n) is 3.21. The predicted octanol–water partition coefficient (Wildman–Crippen LogP) is 2.59. The van der Waals surface area contributed by atoms with Crippen molar-refractivity contribution in [2.75, 3.05) is 6.61 Å². The molecule has 0 aromatic heterocycles. The van der Waals surface area contributed by atoms with Crippen molar-refractivity contribution >= 4 is 24.0 Å². The van der Waals surface area contributed by atoms with Crippen molar-refractivity contribution in [3.63, 3.8) is 0 Å². The number of halogens is 3. The molecule has 0 heterocycles. The van der Waals surface area contributed by atoms with Gasteiger partial charge >= 0.3 is 0 Å². The van der Waals surface area contributed by atoms with Crippen molar-refractivity contribution in [1.29, 1.82) is 0 Å². The van der Waals surface area contributed by atoms with Gasteiger partial charge in [-0.3, -0.25) is 0 Å². The fraction of sp³-hybridized carbons (Fsp3) is 0.400. The summed E-state index contributed by atoms with van der Waals surface area (Å²) in [4.78, 5) is 0. The SMILES string of the molecule is Cc1ccc(Cl)c([C@H](N)CCO)c1F.Cl. The summed E-state index contributed by atoms with van der Waals surface area (Å²) in [7, 11) is 0. The standard InChI is InChI=1S/C10H13ClFNO.ClH/c1-6-2-3-7(11)9(10(6)12)8(13)4-5-14;/h2-3,8,14H,4-5,13H2,1H3;1H/t8-;/m1./s1. The highest BCUT2D eigenvalue weighted by molar-refractivity contribution is 6.31. The minimum Gasteiger partial charge on any atom is -0.396 e. The number of aliphatic hydroxyl groups excluding tert-OH is 1. The molecule has 3 N–H and O–H groups in total. The van der Waals surface area contributed by atoms with E-state index in [9.17, 15) is 4.39 Å². The van der Waals surface area contributed by atoms with Gasteiger partial charge in [-0.1, -0.05) is 17.7 Å². The summed E-state index contributed by atoms with van der Waals surface area (Å²) in [5, 5.41) is 9.02. The molecule has 0 aliphatic carbocycles. The average Bonchev–Trinajstić information content (AvgIpc) is 2.13. The van der Waals surface area contributed by atoms with E-state index in [0.29, 0.717) is 22.6 Å². The van der Waals surface area contributed by atoms with Gasteiger partial charge in [-0.25, -0.2) is 4.39 Å². The molecule has 0 saturated heterocycles. The first-order chi connectivity index (χ1) is 6.57. The second kappa shape index (κ2) is 6.28. The van der Waals surface area contributed by atoms with E-state index in [0.717, 1.165) is 0 Å². The number of benzene rings is 1. The summed E-state index contributed by atoms with van der Waals surface area (Å²) in [5.74, 6) is -0.376. The Morgan fingerprint density at radius 1 is 1.53 bits per heavy atom. The van der Waals surface area contributed by atoms with Crippen LogP contribution in [0.1, 0.15) is 23.6 Å². The first-order valence-electron chi connectivity index (χ1n) is 4.39. The van der Waals surface area contributed by atoms with Crippen molar-refractivity contribution in [3.8, 4) is 0 Å². The highest BCUT2D eigenvalue weighted by Crippen LogP contribution is 2.28. The first kappa shape index (κ1) is 14.6. The molecule has 15 heavy (non-hydrogen) atoms. The lowest BCUT2D eigenvalue weighted by molar-refractivity contribution is 0.275. The normalized spacial score (nSPS) is 12.1. The molecular formula is C10H14Cl2FNO. The first-order valence-corrected chi connectivity index (χ1v) is 4.76. The van der Waals surface area contributed by atoms with E-state index < -0.39 is 6.04 Å². The number of rotatable bonds is 3. The molecule has 5 heteroatoms. The third-order valence-electron chi connectivity index (χ3n) is 2.13. The quantitative estimate of drug-likeness (QED) is 0.870. The average molecular weight is 254 g/mol. The van der Waals surface area contributed by atoms with Crippen molar-refractivity contribution < 1.29 is 9.50 Å². The van der Waals surface area contributed by atoms with Crippen molar-refractivity contribution in [1.82, 2.24) is 0 Å². The smallest absolute Gasteiger partial charge is 0.132 e. The molecule has 1 atom stereocenters. The molecule has 86 valence electrons. The van der Waals surface area contributed by atoms with E-state index >= 15 is 0 Å². The predicted molar refractivity (Wildman–Crippen MR) is 62.0 cm³/mol. The van der Waals surface area contributed by atoms with Crippen LogP contribution in [0, 0.1) is 12.7 Å². The van der Waals surface area contributed by atoms with E-state index in [-0.39, 0.29) is 24.8 Å². The molecule has 0 aliphatic heterocycles.